The zero-order chi connectivity index (χ0) is 17.4. The van der Waals surface area contributed by atoms with Crippen molar-refractivity contribution in [3.63, 3.8) is 0 Å². The van der Waals surface area contributed by atoms with Gasteiger partial charge in [0.2, 0.25) is 0 Å². The number of rotatable bonds is 2. The SMILES string of the molecule is Cc1ccc(F)c2ccn(-c3cccc(N4CCCN(C)CC4)c3)c12. The van der Waals surface area contributed by atoms with Crippen LogP contribution in [-0.2, 0) is 0 Å². The minimum atomic E-state index is -0.161. The zero-order valence-corrected chi connectivity index (χ0v) is 14.9. The monoisotopic (exact) mass is 337 g/mol. The van der Waals surface area contributed by atoms with Crippen LogP contribution in [0.4, 0.5) is 10.1 Å². The van der Waals surface area contributed by atoms with Gasteiger partial charge in [-0.1, -0.05) is 12.1 Å². The molecule has 1 saturated heterocycles. The molecule has 0 atom stereocenters. The van der Waals surface area contributed by atoms with Crippen LogP contribution in [0.25, 0.3) is 16.6 Å². The topological polar surface area (TPSA) is 11.4 Å². The summed E-state index contributed by atoms with van der Waals surface area (Å²) in [7, 11) is 2.18. The number of anilines is 1. The molecule has 0 bridgehead atoms. The molecule has 2 heterocycles. The van der Waals surface area contributed by atoms with Crippen molar-refractivity contribution in [3.05, 3.63) is 60.0 Å². The molecule has 1 aliphatic rings. The van der Waals surface area contributed by atoms with Gasteiger partial charge in [-0.15, -0.1) is 0 Å². The maximum atomic E-state index is 14.1. The summed E-state index contributed by atoms with van der Waals surface area (Å²) in [6, 6.07) is 13.8. The van der Waals surface area contributed by atoms with Crippen molar-refractivity contribution >= 4 is 16.6 Å². The normalized spacial score (nSPS) is 16.4. The Labute approximate surface area is 148 Å². The summed E-state index contributed by atoms with van der Waals surface area (Å²) in [5.74, 6) is -0.161. The van der Waals surface area contributed by atoms with Crippen LogP contribution < -0.4 is 4.90 Å². The second kappa shape index (κ2) is 6.52. The number of hydrogen-bond acceptors (Lipinski definition) is 2. The molecular weight excluding hydrogens is 313 g/mol. The van der Waals surface area contributed by atoms with E-state index < -0.39 is 0 Å². The summed E-state index contributed by atoms with van der Waals surface area (Å²) in [6.07, 6.45) is 3.15. The van der Waals surface area contributed by atoms with Crippen LogP contribution in [0.1, 0.15) is 12.0 Å². The van der Waals surface area contributed by atoms with E-state index in [2.05, 4.69) is 45.7 Å². The van der Waals surface area contributed by atoms with E-state index in [1.807, 2.05) is 25.3 Å². The molecule has 1 fully saturated rings. The predicted octanol–water partition coefficient (Wildman–Crippen LogP) is 4.22. The number of hydrogen-bond donors (Lipinski definition) is 0. The predicted molar refractivity (Wildman–Crippen MR) is 102 cm³/mol. The lowest BCUT2D eigenvalue weighted by atomic mass is 10.1. The van der Waals surface area contributed by atoms with Gasteiger partial charge < -0.3 is 14.4 Å². The number of nitrogens with zero attached hydrogens (tertiary/aromatic N) is 3. The first-order valence-corrected chi connectivity index (χ1v) is 8.93. The summed E-state index contributed by atoms with van der Waals surface area (Å²) in [4.78, 5) is 4.83. The van der Waals surface area contributed by atoms with Gasteiger partial charge >= 0.3 is 0 Å². The fourth-order valence-corrected chi connectivity index (χ4v) is 3.75. The van der Waals surface area contributed by atoms with Crippen molar-refractivity contribution in [1.82, 2.24) is 9.47 Å². The average Bonchev–Trinajstić information content (AvgIpc) is 2.97. The smallest absolute Gasteiger partial charge is 0.132 e. The first-order valence-electron chi connectivity index (χ1n) is 8.93. The maximum Gasteiger partial charge on any atom is 0.132 e. The molecule has 130 valence electrons. The van der Waals surface area contributed by atoms with E-state index in [0.717, 1.165) is 42.9 Å². The standard InChI is InChI=1S/C21H24FN3/c1-16-7-8-20(22)19-9-12-25(21(16)19)18-6-3-5-17(15-18)24-11-4-10-23(2)13-14-24/h3,5-9,12,15H,4,10-11,13-14H2,1-2H3. The summed E-state index contributed by atoms with van der Waals surface area (Å²) in [6.45, 7) is 6.39. The Balaban J connectivity index is 1.74. The Morgan fingerprint density at radius 1 is 0.920 bits per heavy atom. The number of aryl methyl sites for hydroxylation is 1. The van der Waals surface area contributed by atoms with E-state index in [1.54, 1.807) is 6.07 Å². The van der Waals surface area contributed by atoms with E-state index in [4.69, 9.17) is 0 Å². The third-order valence-corrected chi connectivity index (χ3v) is 5.19. The van der Waals surface area contributed by atoms with Gasteiger partial charge in [-0.3, -0.25) is 0 Å². The van der Waals surface area contributed by atoms with Crippen molar-refractivity contribution in [2.45, 2.75) is 13.3 Å². The first kappa shape index (κ1) is 16.2. The molecule has 0 amide bonds. The Bertz CT molecular complexity index is 899. The molecule has 2 aromatic carbocycles. The molecule has 25 heavy (non-hydrogen) atoms. The number of halogens is 1. The van der Waals surface area contributed by atoms with E-state index >= 15 is 0 Å². The van der Waals surface area contributed by atoms with Gasteiger partial charge in [0.25, 0.3) is 0 Å². The minimum absolute atomic E-state index is 0.161. The molecule has 4 heteroatoms. The zero-order valence-electron chi connectivity index (χ0n) is 14.9. The molecule has 3 nitrogen and oxygen atoms in total. The number of likely N-dealkylation sites (N-methyl/N-ethyl adjacent to an activating group) is 1. The fourth-order valence-electron chi connectivity index (χ4n) is 3.75. The highest BCUT2D eigenvalue weighted by molar-refractivity contribution is 5.85. The van der Waals surface area contributed by atoms with Crippen LogP contribution in [0.15, 0.2) is 48.7 Å². The molecule has 3 aromatic rings. The first-order chi connectivity index (χ1) is 12.1. The van der Waals surface area contributed by atoms with Crippen LogP contribution in [-0.4, -0.2) is 42.7 Å². The highest BCUT2D eigenvalue weighted by Gasteiger charge is 2.14. The van der Waals surface area contributed by atoms with Crippen LogP contribution in [0.5, 0.6) is 0 Å². The second-order valence-electron chi connectivity index (χ2n) is 6.98. The molecule has 4 rings (SSSR count). The molecule has 0 aliphatic carbocycles. The Morgan fingerprint density at radius 2 is 1.76 bits per heavy atom. The van der Waals surface area contributed by atoms with E-state index in [1.165, 1.54) is 12.1 Å². The third kappa shape index (κ3) is 3.02. The number of aromatic nitrogens is 1. The van der Waals surface area contributed by atoms with Crippen molar-refractivity contribution < 1.29 is 4.39 Å². The van der Waals surface area contributed by atoms with E-state index in [-0.39, 0.29) is 5.82 Å². The molecule has 0 radical (unpaired) electrons. The van der Waals surface area contributed by atoms with Gasteiger partial charge in [0, 0.05) is 42.6 Å². The van der Waals surface area contributed by atoms with Crippen molar-refractivity contribution in [3.8, 4) is 5.69 Å². The Kier molecular flexibility index (Phi) is 4.22. The number of benzene rings is 2. The quantitative estimate of drug-likeness (QED) is 0.694. The van der Waals surface area contributed by atoms with Gasteiger partial charge in [0.1, 0.15) is 5.82 Å². The summed E-state index contributed by atoms with van der Waals surface area (Å²) < 4.78 is 16.2. The van der Waals surface area contributed by atoms with Crippen molar-refractivity contribution in [2.24, 2.45) is 0 Å². The van der Waals surface area contributed by atoms with Gasteiger partial charge in [-0.25, -0.2) is 4.39 Å². The highest BCUT2D eigenvalue weighted by atomic mass is 19.1. The second-order valence-corrected chi connectivity index (χ2v) is 6.98. The molecule has 0 unspecified atom stereocenters. The molecule has 1 aromatic heterocycles. The molecule has 0 N–H and O–H groups in total. The number of fused-ring (bicyclic) bond motifs is 1. The highest BCUT2D eigenvalue weighted by Crippen LogP contribution is 2.28. The van der Waals surface area contributed by atoms with Crippen molar-refractivity contribution in [1.29, 1.82) is 0 Å². The molecule has 0 spiro atoms. The molecule has 0 saturated carbocycles. The van der Waals surface area contributed by atoms with Crippen LogP contribution in [0.2, 0.25) is 0 Å². The van der Waals surface area contributed by atoms with Gasteiger partial charge in [0.05, 0.1) is 5.52 Å². The van der Waals surface area contributed by atoms with E-state index in [9.17, 15) is 4.39 Å². The minimum Gasteiger partial charge on any atom is -0.370 e. The van der Waals surface area contributed by atoms with E-state index in [0.29, 0.717) is 5.39 Å². The largest absolute Gasteiger partial charge is 0.370 e. The van der Waals surface area contributed by atoms with Gasteiger partial charge in [-0.05, 0) is 62.8 Å². The van der Waals surface area contributed by atoms with Crippen LogP contribution >= 0.6 is 0 Å². The Morgan fingerprint density at radius 3 is 2.64 bits per heavy atom. The Hall–Kier alpha value is -2.33. The summed E-state index contributed by atoms with van der Waals surface area (Å²) >= 11 is 0. The summed E-state index contributed by atoms with van der Waals surface area (Å²) in [5, 5.41) is 0.682. The molecule has 1 aliphatic heterocycles. The molecular formula is C21H24FN3. The lowest BCUT2D eigenvalue weighted by Crippen LogP contribution is -2.28. The average molecular weight is 337 g/mol. The lowest BCUT2D eigenvalue weighted by molar-refractivity contribution is 0.360. The van der Waals surface area contributed by atoms with Crippen molar-refractivity contribution in [2.75, 3.05) is 38.1 Å². The fraction of sp³-hybridized carbons (Fsp3) is 0.333. The van der Waals surface area contributed by atoms with Gasteiger partial charge in [-0.2, -0.15) is 0 Å². The lowest BCUT2D eigenvalue weighted by Gasteiger charge is -2.23. The van der Waals surface area contributed by atoms with Gasteiger partial charge in [0.15, 0.2) is 0 Å². The summed E-state index contributed by atoms with van der Waals surface area (Å²) in [5.41, 5.74) is 4.36. The van der Waals surface area contributed by atoms with Crippen LogP contribution in [0.3, 0.4) is 0 Å². The maximum absolute atomic E-state index is 14.1. The third-order valence-electron chi connectivity index (χ3n) is 5.19. The van der Waals surface area contributed by atoms with Crippen LogP contribution in [0, 0.1) is 12.7 Å².